The Hall–Kier alpha value is -1.49. The summed E-state index contributed by atoms with van der Waals surface area (Å²) in [5.41, 5.74) is 0.288. The Bertz CT molecular complexity index is 972. The number of nitrogens with one attached hydrogen (secondary N) is 1. The van der Waals surface area contributed by atoms with Crippen molar-refractivity contribution >= 4 is 28.8 Å². The third-order valence-electron chi connectivity index (χ3n) is 11.2. The summed E-state index contributed by atoms with van der Waals surface area (Å²) in [6, 6.07) is 4.26. The van der Waals surface area contributed by atoms with E-state index in [2.05, 4.69) is 44.5 Å². The van der Waals surface area contributed by atoms with Gasteiger partial charge in [-0.15, -0.1) is 11.3 Å². The molecule has 0 spiro atoms. The minimum atomic E-state index is 0.105. The van der Waals surface area contributed by atoms with E-state index in [1.807, 2.05) is 6.07 Å². The van der Waals surface area contributed by atoms with Crippen LogP contribution in [0.1, 0.15) is 103 Å². The molecule has 4 saturated carbocycles. The first-order chi connectivity index (χ1) is 16.7. The third-order valence-corrected chi connectivity index (χ3v) is 12.2. The van der Waals surface area contributed by atoms with Gasteiger partial charge in [0.25, 0.3) is 0 Å². The van der Waals surface area contributed by atoms with Crippen LogP contribution in [0, 0.1) is 46.3 Å². The maximum absolute atomic E-state index is 13.6. The monoisotopic (exact) mass is 497 g/mol. The van der Waals surface area contributed by atoms with Gasteiger partial charge in [0.15, 0.2) is 0 Å². The maximum Gasteiger partial charge on any atom is 0.220 e. The van der Waals surface area contributed by atoms with Crippen molar-refractivity contribution in [1.82, 2.24) is 5.32 Å². The summed E-state index contributed by atoms with van der Waals surface area (Å²) in [7, 11) is 0. The van der Waals surface area contributed by atoms with Gasteiger partial charge >= 0.3 is 0 Å². The molecule has 1 amide bonds. The van der Waals surface area contributed by atoms with Crippen molar-refractivity contribution in [2.45, 2.75) is 97.9 Å². The molecular weight excluding hydrogens is 454 g/mol. The van der Waals surface area contributed by atoms with E-state index in [0.717, 1.165) is 38.5 Å². The number of Topliss-reactive ketones (excluding diaryl/α,β-unsaturated/α-hetero) is 2. The lowest BCUT2D eigenvalue weighted by Gasteiger charge is -2.59. The molecule has 0 aromatic carbocycles. The highest BCUT2D eigenvalue weighted by molar-refractivity contribution is 7.10. The van der Waals surface area contributed by atoms with Gasteiger partial charge in [0.2, 0.25) is 5.91 Å². The molecule has 35 heavy (non-hydrogen) atoms. The highest BCUT2D eigenvalue weighted by Gasteiger charge is 2.63. The van der Waals surface area contributed by atoms with Crippen LogP contribution in [0.2, 0.25) is 0 Å². The fraction of sp³-hybridized carbons (Fsp3) is 0.767. The van der Waals surface area contributed by atoms with Crippen LogP contribution in [0.4, 0.5) is 0 Å². The molecule has 1 heterocycles. The number of hydrogen-bond acceptors (Lipinski definition) is 4. The van der Waals surface area contributed by atoms with Gasteiger partial charge in [-0.25, -0.2) is 0 Å². The Kier molecular flexibility index (Phi) is 6.78. The smallest absolute Gasteiger partial charge is 0.220 e. The van der Waals surface area contributed by atoms with E-state index in [1.165, 1.54) is 4.88 Å². The Morgan fingerprint density at radius 3 is 2.60 bits per heavy atom. The number of fused-ring (bicyclic) bond motifs is 5. The van der Waals surface area contributed by atoms with E-state index in [4.69, 9.17) is 0 Å². The standard InChI is InChI=1S/C30H43NO3S/c1-5-24(26-7-6-14-35-26)31-27(34)15-18(2)21-8-9-22-28-23(11-13-30(21,22)4)29(3)12-10-20(32)16-19(29)17-25(28)33/h6-7,14,18-19,21-24,28H,5,8-13,15-17H2,1-4H3,(H,31,34)/t18-,19+,21?,22+,23+,24-,28+,29+,30-/m1/s1. The molecule has 1 unspecified atom stereocenters. The normalized spacial score (nSPS) is 40.4. The minimum Gasteiger partial charge on any atom is -0.348 e. The van der Waals surface area contributed by atoms with Crippen LogP contribution in [-0.2, 0) is 14.4 Å². The summed E-state index contributed by atoms with van der Waals surface area (Å²) < 4.78 is 0. The lowest BCUT2D eigenvalue weighted by atomic mass is 9.44. The molecular formula is C30H43NO3S. The van der Waals surface area contributed by atoms with E-state index < -0.39 is 0 Å². The van der Waals surface area contributed by atoms with E-state index in [1.54, 1.807) is 11.3 Å². The number of hydrogen-bond donors (Lipinski definition) is 1. The summed E-state index contributed by atoms with van der Waals surface area (Å²) >= 11 is 1.71. The van der Waals surface area contributed by atoms with Gasteiger partial charge in [-0.05, 0) is 90.4 Å². The number of thiophene rings is 1. The van der Waals surface area contributed by atoms with Crippen molar-refractivity contribution in [3.63, 3.8) is 0 Å². The average Bonchev–Trinajstić information content (AvgIpc) is 3.46. The zero-order valence-electron chi connectivity index (χ0n) is 22.0. The van der Waals surface area contributed by atoms with Crippen LogP contribution >= 0.6 is 11.3 Å². The van der Waals surface area contributed by atoms with Gasteiger partial charge < -0.3 is 5.32 Å². The second-order valence-corrected chi connectivity index (χ2v) is 13.8. The van der Waals surface area contributed by atoms with Gasteiger partial charge in [-0.1, -0.05) is 33.8 Å². The first-order valence-corrected chi connectivity index (χ1v) is 14.9. The summed E-state index contributed by atoms with van der Waals surface area (Å²) in [5, 5.41) is 5.36. The average molecular weight is 498 g/mol. The van der Waals surface area contributed by atoms with Crippen molar-refractivity contribution in [2.24, 2.45) is 46.3 Å². The van der Waals surface area contributed by atoms with Crippen molar-refractivity contribution < 1.29 is 14.4 Å². The summed E-state index contributed by atoms with van der Waals surface area (Å²) in [4.78, 5) is 40.0. The van der Waals surface area contributed by atoms with Gasteiger partial charge in [-0.2, -0.15) is 0 Å². The molecule has 1 N–H and O–H groups in total. The molecule has 4 aliphatic rings. The largest absolute Gasteiger partial charge is 0.348 e. The van der Waals surface area contributed by atoms with Crippen LogP contribution in [0.5, 0.6) is 0 Å². The number of rotatable bonds is 6. The molecule has 4 fully saturated rings. The zero-order chi connectivity index (χ0) is 25.0. The molecule has 9 atom stereocenters. The molecule has 0 bridgehead atoms. The van der Waals surface area contributed by atoms with Gasteiger partial charge in [-0.3, -0.25) is 14.4 Å². The first-order valence-electron chi connectivity index (χ1n) is 14.0. The highest BCUT2D eigenvalue weighted by atomic mass is 32.1. The van der Waals surface area contributed by atoms with E-state index in [-0.39, 0.29) is 34.6 Å². The maximum atomic E-state index is 13.6. The lowest BCUT2D eigenvalue weighted by molar-refractivity contribution is -0.159. The van der Waals surface area contributed by atoms with Crippen LogP contribution in [0.25, 0.3) is 0 Å². The molecule has 4 nitrogen and oxygen atoms in total. The quantitative estimate of drug-likeness (QED) is 0.473. The SMILES string of the molecule is CC[C@@H](NC(=O)C[C@@H](C)C1CC[C@H]2[C@@H]3C(=O)C[C@@H]4CC(=O)CC[C@]4(C)[C@H]3CC[C@]12C)c1cccs1. The molecule has 192 valence electrons. The van der Waals surface area contributed by atoms with Crippen LogP contribution in [-0.4, -0.2) is 17.5 Å². The zero-order valence-corrected chi connectivity index (χ0v) is 22.8. The third kappa shape index (κ3) is 4.24. The molecule has 0 radical (unpaired) electrons. The van der Waals surface area contributed by atoms with Crippen LogP contribution in [0.15, 0.2) is 17.5 Å². The Morgan fingerprint density at radius 1 is 1.11 bits per heavy atom. The van der Waals surface area contributed by atoms with E-state index in [0.29, 0.717) is 60.9 Å². The number of carbonyl (C=O) groups is 3. The van der Waals surface area contributed by atoms with E-state index in [9.17, 15) is 14.4 Å². The van der Waals surface area contributed by atoms with Crippen molar-refractivity contribution in [3.8, 4) is 0 Å². The van der Waals surface area contributed by atoms with Gasteiger partial charge in [0, 0.05) is 36.5 Å². The molecule has 5 heteroatoms. The Morgan fingerprint density at radius 2 is 1.89 bits per heavy atom. The highest BCUT2D eigenvalue weighted by Crippen LogP contribution is 2.67. The second-order valence-electron chi connectivity index (χ2n) is 12.8. The van der Waals surface area contributed by atoms with Gasteiger partial charge in [0.1, 0.15) is 11.6 Å². The van der Waals surface area contributed by atoms with Crippen molar-refractivity contribution in [3.05, 3.63) is 22.4 Å². The predicted molar refractivity (Wildman–Crippen MR) is 140 cm³/mol. The second kappa shape index (κ2) is 9.43. The molecule has 1 aromatic heterocycles. The minimum absolute atomic E-state index is 0.105. The molecule has 4 aliphatic carbocycles. The summed E-state index contributed by atoms with van der Waals surface area (Å²) in [6.07, 6.45) is 8.88. The van der Waals surface area contributed by atoms with E-state index >= 15 is 0 Å². The Balaban J connectivity index is 1.28. The lowest BCUT2D eigenvalue weighted by Crippen LogP contribution is -2.57. The van der Waals surface area contributed by atoms with Gasteiger partial charge in [0.05, 0.1) is 6.04 Å². The fourth-order valence-corrected chi connectivity index (χ4v) is 10.1. The number of amides is 1. The van der Waals surface area contributed by atoms with Crippen LogP contribution in [0.3, 0.4) is 0 Å². The first kappa shape index (κ1) is 25.2. The summed E-state index contributed by atoms with van der Waals surface area (Å²) in [5.74, 6) is 3.07. The van der Waals surface area contributed by atoms with Crippen molar-refractivity contribution in [1.29, 1.82) is 0 Å². The number of carbonyl (C=O) groups excluding carboxylic acids is 3. The Labute approximate surface area is 215 Å². The molecule has 5 rings (SSSR count). The van der Waals surface area contributed by atoms with Crippen LogP contribution < -0.4 is 5.32 Å². The topological polar surface area (TPSA) is 63.2 Å². The molecule has 0 aliphatic heterocycles. The number of ketones is 2. The van der Waals surface area contributed by atoms with Crippen molar-refractivity contribution in [2.75, 3.05) is 0 Å². The fourth-order valence-electron chi connectivity index (χ4n) is 9.25. The molecule has 0 saturated heterocycles. The summed E-state index contributed by atoms with van der Waals surface area (Å²) in [6.45, 7) is 9.23. The molecule has 1 aromatic rings. The predicted octanol–water partition coefficient (Wildman–Crippen LogP) is 6.75.